The number of esters is 1. The zero-order chi connectivity index (χ0) is 23.6. The summed E-state index contributed by atoms with van der Waals surface area (Å²) in [6.45, 7) is 2.80. The number of ether oxygens (including phenoxy) is 5. The van der Waals surface area contributed by atoms with Crippen molar-refractivity contribution >= 4 is 5.97 Å². The van der Waals surface area contributed by atoms with E-state index >= 15 is 0 Å². The molecule has 3 aromatic carbocycles. The van der Waals surface area contributed by atoms with E-state index < -0.39 is 30.6 Å². The largest absolute Gasteiger partial charge is 0.433 e. The fourth-order valence-corrected chi connectivity index (χ4v) is 3.86. The molecule has 0 bridgehead atoms. The number of carbonyl (C=O) groups is 1. The third-order valence-corrected chi connectivity index (χ3v) is 5.51. The minimum absolute atomic E-state index is 0.275. The maximum Gasteiger partial charge on any atom is 0.305 e. The lowest BCUT2D eigenvalue weighted by Crippen LogP contribution is -2.40. The molecule has 0 unspecified atom stereocenters. The lowest BCUT2D eigenvalue weighted by molar-refractivity contribution is -0.195. The van der Waals surface area contributed by atoms with Crippen molar-refractivity contribution in [2.24, 2.45) is 0 Å². The highest BCUT2D eigenvalue weighted by Crippen LogP contribution is 2.30. The van der Waals surface area contributed by atoms with Gasteiger partial charge in [0, 0.05) is 6.92 Å². The van der Waals surface area contributed by atoms with Gasteiger partial charge in [-0.1, -0.05) is 91.0 Å². The van der Waals surface area contributed by atoms with E-state index in [4.69, 9.17) is 23.7 Å². The van der Waals surface area contributed by atoms with Crippen molar-refractivity contribution in [2.75, 3.05) is 6.61 Å². The van der Waals surface area contributed by atoms with Crippen molar-refractivity contribution in [2.45, 2.75) is 51.3 Å². The Balaban J connectivity index is 1.47. The smallest absolute Gasteiger partial charge is 0.305 e. The molecule has 4 rings (SSSR count). The molecule has 1 aliphatic rings. The minimum atomic E-state index is -0.882. The summed E-state index contributed by atoms with van der Waals surface area (Å²) in [7, 11) is 0. The van der Waals surface area contributed by atoms with Crippen LogP contribution in [0.1, 0.15) is 23.6 Å². The average Bonchev–Trinajstić information content (AvgIpc) is 3.18. The zero-order valence-electron chi connectivity index (χ0n) is 19.2. The molecule has 0 radical (unpaired) electrons. The second kappa shape index (κ2) is 12.4. The van der Waals surface area contributed by atoms with E-state index in [9.17, 15) is 4.79 Å². The molecule has 0 aromatic heterocycles. The summed E-state index contributed by atoms with van der Waals surface area (Å²) in [6.07, 6.45) is -2.42. The van der Waals surface area contributed by atoms with Crippen LogP contribution in [-0.2, 0) is 48.3 Å². The average molecular weight is 463 g/mol. The standard InChI is InChI=1S/C28H30O6/c1-21(29)33-28-27(32-19-24-15-9-4-10-16-24)26(31-18-23-13-7-3-8-14-23)25(34-28)20-30-17-22-11-5-2-6-12-22/h2-16,25-28H,17-20H2,1H3/t25-,26+,27-,28-/m0/s1. The number of benzene rings is 3. The molecule has 0 saturated carbocycles. The SMILES string of the molecule is CC(=O)O[C@H]1O[C@@H](COCc2ccccc2)[C@@H](OCc2ccccc2)[C@@H]1OCc1ccccc1. The van der Waals surface area contributed by atoms with E-state index in [1.165, 1.54) is 6.92 Å². The van der Waals surface area contributed by atoms with Crippen molar-refractivity contribution in [1.82, 2.24) is 0 Å². The van der Waals surface area contributed by atoms with Crippen molar-refractivity contribution < 1.29 is 28.5 Å². The molecule has 1 fully saturated rings. The minimum Gasteiger partial charge on any atom is -0.433 e. The van der Waals surface area contributed by atoms with Crippen LogP contribution < -0.4 is 0 Å². The molecule has 178 valence electrons. The predicted octanol–water partition coefficient (Wildman–Crippen LogP) is 4.66. The Morgan fingerprint density at radius 2 is 1.18 bits per heavy atom. The third kappa shape index (κ3) is 6.98. The Hall–Kier alpha value is -3.03. The van der Waals surface area contributed by atoms with E-state index in [0.717, 1.165) is 16.7 Å². The first-order valence-electron chi connectivity index (χ1n) is 11.4. The van der Waals surface area contributed by atoms with Crippen LogP contribution in [0, 0.1) is 0 Å². The lowest BCUT2D eigenvalue weighted by Gasteiger charge is -2.24. The van der Waals surface area contributed by atoms with Crippen LogP contribution in [0.3, 0.4) is 0 Å². The Bertz CT molecular complexity index is 995. The number of rotatable bonds is 11. The van der Waals surface area contributed by atoms with Crippen LogP contribution in [0.5, 0.6) is 0 Å². The fourth-order valence-electron chi connectivity index (χ4n) is 3.86. The highest BCUT2D eigenvalue weighted by Gasteiger charge is 2.48. The molecule has 0 aliphatic carbocycles. The molecule has 4 atom stereocenters. The predicted molar refractivity (Wildman–Crippen MR) is 127 cm³/mol. The summed E-state index contributed by atoms with van der Waals surface area (Å²) in [4.78, 5) is 11.8. The van der Waals surface area contributed by atoms with Gasteiger partial charge in [-0.25, -0.2) is 0 Å². The van der Waals surface area contributed by atoms with Gasteiger partial charge < -0.3 is 23.7 Å². The van der Waals surface area contributed by atoms with Gasteiger partial charge in [-0.15, -0.1) is 0 Å². The molecule has 3 aromatic rings. The van der Waals surface area contributed by atoms with Crippen LogP contribution >= 0.6 is 0 Å². The quantitative estimate of drug-likeness (QED) is 0.386. The first kappa shape index (κ1) is 24.1. The lowest BCUT2D eigenvalue weighted by atomic mass is 10.1. The van der Waals surface area contributed by atoms with Crippen molar-refractivity contribution in [3.63, 3.8) is 0 Å². The van der Waals surface area contributed by atoms with E-state index in [0.29, 0.717) is 19.8 Å². The first-order valence-corrected chi connectivity index (χ1v) is 11.4. The maximum absolute atomic E-state index is 11.8. The summed E-state index contributed by atoms with van der Waals surface area (Å²) in [5.41, 5.74) is 3.11. The molecule has 6 heteroatoms. The first-order chi connectivity index (χ1) is 16.7. The topological polar surface area (TPSA) is 63.2 Å². The van der Waals surface area contributed by atoms with E-state index in [-0.39, 0.29) is 6.61 Å². The molecule has 34 heavy (non-hydrogen) atoms. The van der Waals surface area contributed by atoms with E-state index in [2.05, 4.69) is 0 Å². The molecule has 0 spiro atoms. The molecule has 0 amide bonds. The maximum atomic E-state index is 11.8. The summed E-state index contributed by atoms with van der Waals surface area (Å²) in [5.74, 6) is -0.439. The van der Waals surface area contributed by atoms with Crippen LogP contribution in [0.2, 0.25) is 0 Å². The summed E-state index contributed by atoms with van der Waals surface area (Å²) in [5, 5.41) is 0. The van der Waals surface area contributed by atoms with Crippen LogP contribution in [0.25, 0.3) is 0 Å². The molecule has 1 saturated heterocycles. The van der Waals surface area contributed by atoms with Gasteiger partial charge in [0.25, 0.3) is 0 Å². The van der Waals surface area contributed by atoms with Crippen molar-refractivity contribution in [3.05, 3.63) is 108 Å². The van der Waals surface area contributed by atoms with Gasteiger partial charge in [0.1, 0.15) is 18.3 Å². The Morgan fingerprint density at radius 3 is 1.68 bits per heavy atom. The Kier molecular flexibility index (Phi) is 8.82. The second-order valence-electron chi connectivity index (χ2n) is 8.18. The summed E-state index contributed by atoms with van der Waals surface area (Å²) < 4.78 is 30.0. The highest BCUT2D eigenvalue weighted by molar-refractivity contribution is 5.66. The zero-order valence-corrected chi connectivity index (χ0v) is 19.2. The van der Waals surface area contributed by atoms with Gasteiger partial charge in [0.15, 0.2) is 0 Å². The van der Waals surface area contributed by atoms with Gasteiger partial charge in [0.2, 0.25) is 6.29 Å². The Labute approximate surface area is 200 Å². The van der Waals surface area contributed by atoms with Crippen LogP contribution in [0.4, 0.5) is 0 Å². The molecular weight excluding hydrogens is 432 g/mol. The fraction of sp³-hybridized carbons (Fsp3) is 0.321. The number of hydrogen-bond acceptors (Lipinski definition) is 6. The van der Waals surface area contributed by atoms with Gasteiger partial charge in [-0.2, -0.15) is 0 Å². The van der Waals surface area contributed by atoms with Gasteiger partial charge in [0.05, 0.1) is 26.4 Å². The van der Waals surface area contributed by atoms with E-state index in [1.54, 1.807) is 0 Å². The summed E-state index contributed by atoms with van der Waals surface area (Å²) in [6, 6.07) is 29.7. The summed E-state index contributed by atoms with van der Waals surface area (Å²) >= 11 is 0. The molecule has 1 aliphatic heterocycles. The molecule has 0 N–H and O–H groups in total. The normalized spacial score (nSPS) is 21.9. The van der Waals surface area contributed by atoms with E-state index in [1.807, 2.05) is 91.0 Å². The van der Waals surface area contributed by atoms with Crippen molar-refractivity contribution in [3.8, 4) is 0 Å². The van der Waals surface area contributed by atoms with Gasteiger partial charge in [-0.3, -0.25) is 4.79 Å². The highest BCUT2D eigenvalue weighted by atomic mass is 16.7. The monoisotopic (exact) mass is 462 g/mol. The second-order valence-corrected chi connectivity index (χ2v) is 8.18. The number of hydrogen-bond donors (Lipinski definition) is 0. The molecule has 1 heterocycles. The molecular formula is C28H30O6. The van der Waals surface area contributed by atoms with Crippen LogP contribution in [-0.4, -0.2) is 37.2 Å². The Morgan fingerprint density at radius 1 is 0.706 bits per heavy atom. The molecule has 6 nitrogen and oxygen atoms in total. The van der Waals surface area contributed by atoms with Gasteiger partial charge in [-0.05, 0) is 16.7 Å². The third-order valence-electron chi connectivity index (χ3n) is 5.51. The van der Waals surface area contributed by atoms with Gasteiger partial charge >= 0.3 is 5.97 Å². The number of carbonyl (C=O) groups excluding carboxylic acids is 1. The van der Waals surface area contributed by atoms with Crippen LogP contribution in [0.15, 0.2) is 91.0 Å². The van der Waals surface area contributed by atoms with Crippen molar-refractivity contribution in [1.29, 1.82) is 0 Å².